The van der Waals surface area contributed by atoms with Crippen LogP contribution in [0.15, 0.2) is 6.20 Å². The third-order valence-corrected chi connectivity index (χ3v) is 1.93. The Kier molecular flexibility index (Phi) is 3.50. The van der Waals surface area contributed by atoms with Crippen LogP contribution in [0.4, 0.5) is 5.82 Å². The van der Waals surface area contributed by atoms with E-state index < -0.39 is 4.92 Å². The molecule has 72 valence electrons. The van der Waals surface area contributed by atoms with Crippen LogP contribution in [0.1, 0.15) is 6.42 Å². The highest BCUT2D eigenvalue weighted by Crippen LogP contribution is 2.21. The summed E-state index contributed by atoms with van der Waals surface area (Å²) in [5, 5.41) is 14.1. The van der Waals surface area contributed by atoms with Crippen molar-refractivity contribution in [2.45, 2.75) is 13.0 Å². The molecule has 7 heteroatoms. The van der Waals surface area contributed by atoms with Gasteiger partial charge in [0.15, 0.2) is 5.02 Å². The summed E-state index contributed by atoms with van der Waals surface area (Å²) in [6, 6.07) is 0. The summed E-state index contributed by atoms with van der Waals surface area (Å²) in [4.78, 5) is 9.72. The van der Waals surface area contributed by atoms with E-state index >= 15 is 0 Å². The molecule has 0 saturated heterocycles. The number of rotatable bonds is 4. The third kappa shape index (κ3) is 2.57. The molecule has 0 aliphatic carbocycles. The van der Waals surface area contributed by atoms with Crippen LogP contribution in [0.3, 0.4) is 0 Å². The maximum atomic E-state index is 10.3. The van der Waals surface area contributed by atoms with Gasteiger partial charge in [-0.15, -0.1) is 11.6 Å². The largest absolute Gasteiger partial charge is 0.408 e. The van der Waals surface area contributed by atoms with Gasteiger partial charge in [-0.05, 0) is 11.3 Å². The monoisotopic (exact) mass is 223 g/mol. The first kappa shape index (κ1) is 10.3. The maximum absolute atomic E-state index is 10.3. The minimum absolute atomic E-state index is 0.0552. The molecule has 0 unspecified atom stereocenters. The molecule has 0 aliphatic rings. The van der Waals surface area contributed by atoms with Crippen LogP contribution in [0, 0.1) is 10.1 Å². The summed E-state index contributed by atoms with van der Waals surface area (Å²) in [5.41, 5.74) is 0. The van der Waals surface area contributed by atoms with E-state index in [1.807, 2.05) is 0 Å². The van der Waals surface area contributed by atoms with E-state index in [1.165, 1.54) is 10.9 Å². The molecule has 1 aromatic rings. The van der Waals surface area contributed by atoms with Gasteiger partial charge in [-0.25, -0.2) is 0 Å². The van der Waals surface area contributed by atoms with E-state index in [9.17, 15) is 10.1 Å². The topological polar surface area (TPSA) is 61.0 Å². The number of nitro groups is 1. The quantitative estimate of drug-likeness (QED) is 0.446. The molecular weight excluding hydrogens is 217 g/mol. The Morgan fingerprint density at radius 1 is 1.69 bits per heavy atom. The van der Waals surface area contributed by atoms with Gasteiger partial charge >= 0.3 is 5.82 Å². The van der Waals surface area contributed by atoms with Gasteiger partial charge in [0.2, 0.25) is 0 Å². The maximum Gasteiger partial charge on any atom is 0.408 e. The molecule has 0 radical (unpaired) electrons. The number of aromatic nitrogens is 2. The van der Waals surface area contributed by atoms with Crippen LogP contribution in [-0.4, -0.2) is 20.6 Å². The summed E-state index contributed by atoms with van der Waals surface area (Å²) in [6.45, 7) is 0.539. The number of hydrogen-bond donors (Lipinski definition) is 0. The van der Waals surface area contributed by atoms with Crippen LogP contribution in [0.25, 0.3) is 0 Å². The molecule has 0 spiro atoms. The van der Waals surface area contributed by atoms with Gasteiger partial charge in [-0.3, -0.25) is 0 Å². The molecule has 0 fully saturated rings. The first-order valence-corrected chi connectivity index (χ1v) is 4.49. The minimum Gasteiger partial charge on any atom is -0.358 e. The van der Waals surface area contributed by atoms with Gasteiger partial charge in [0.05, 0.1) is 17.8 Å². The Morgan fingerprint density at radius 3 is 2.85 bits per heavy atom. The van der Waals surface area contributed by atoms with E-state index in [2.05, 4.69) is 5.10 Å². The second-order valence-corrected chi connectivity index (χ2v) is 3.15. The zero-order valence-corrected chi connectivity index (χ0v) is 8.12. The summed E-state index contributed by atoms with van der Waals surface area (Å²) in [5.74, 6) is 0.182. The lowest BCUT2D eigenvalue weighted by Crippen LogP contribution is -2.00. The van der Waals surface area contributed by atoms with E-state index in [-0.39, 0.29) is 10.8 Å². The molecule has 1 heterocycles. The zero-order chi connectivity index (χ0) is 9.84. The average molecular weight is 224 g/mol. The van der Waals surface area contributed by atoms with Crippen molar-refractivity contribution in [2.75, 3.05) is 5.88 Å². The van der Waals surface area contributed by atoms with Crippen molar-refractivity contribution >= 4 is 29.0 Å². The van der Waals surface area contributed by atoms with Crippen molar-refractivity contribution in [3.8, 4) is 0 Å². The smallest absolute Gasteiger partial charge is 0.358 e. The fourth-order valence-electron chi connectivity index (χ4n) is 0.847. The Bertz CT molecular complexity index is 313. The van der Waals surface area contributed by atoms with Crippen molar-refractivity contribution in [2.24, 2.45) is 0 Å². The fraction of sp³-hybridized carbons (Fsp3) is 0.500. The van der Waals surface area contributed by atoms with E-state index in [0.717, 1.165) is 0 Å². The number of aryl methyl sites for hydroxylation is 1. The molecule has 0 saturated carbocycles. The van der Waals surface area contributed by atoms with Gasteiger partial charge in [0.25, 0.3) is 0 Å². The Morgan fingerprint density at radius 2 is 2.38 bits per heavy atom. The van der Waals surface area contributed by atoms with Crippen molar-refractivity contribution in [3.05, 3.63) is 21.3 Å². The molecule has 1 aromatic heterocycles. The number of nitrogens with zero attached hydrogens (tertiary/aromatic N) is 3. The lowest BCUT2D eigenvalue weighted by atomic mass is 10.5. The van der Waals surface area contributed by atoms with Crippen LogP contribution in [0.5, 0.6) is 0 Å². The Balaban J connectivity index is 2.76. The predicted octanol–water partition coefficient (Wildman–Crippen LogP) is 2.07. The predicted molar refractivity (Wildman–Crippen MR) is 49.2 cm³/mol. The normalized spacial score (nSPS) is 10.3. The molecule has 13 heavy (non-hydrogen) atoms. The highest BCUT2D eigenvalue weighted by atomic mass is 35.5. The van der Waals surface area contributed by atoms with Crippen LogP contribution < -0.4 is 0 Å². The molecule has 0 aromatic carbocycles. The van der Waals surface area contributed by atoms with Gasteiger partial charge in [-0.1, -0.05) is 11.6 Å². The van der Waals surface area contributed by atoms with Crippen LogP contribution in [0.2, 0.25) is 5.02 Å². The summed E-state index contributed by atoms with van der Waals surface area (Å²) in [6.07, 6.45) is 2.13. The molecule has 5 nitrogen and oxygen atoms in total. The third-order valence-electron chi connectivity index (χ3n) is 1.39. The van der Waals surface area contributed by atoms with E-state index in [0.29, 0.717) is 18.8 Å². The standard InChI is InChI=1S/C6H7Cl2N3O2/c7-2-1-3-10-4-5(8)6(9-10)11(12)13/h4H,1-3H2. The zero-order valence-electron chi connectivity index (χ0n) is 6.61. The molecule has 0 N–H and O–H groups in total. The molecule has 0 bridgehead atoms. The molecule has 0 aliphatic heterocycles. The van der Waals surface area contributed by atoms with Crippen molar-refractivity contribution in [1.29, 1.82) is 0 Å². The number of alkyl halides is 1. The molecule has 1 rings (SSSR count). The molecule has 0 amide bonds. The van der Waals surface area contributed by atoms with Gasteiger partial charge in [0, 0.05) is 5.88 Å². The lowest BCUT2D eigenvalue weighted by molar-refractivity contribution is -0.389. The van der Waals surface area contributed by atoms with Crippen molar-refractivity contribution in [1.82, 2.24) is 9.78 Å². The van der Waals surface area contributed by atoms with Gasteiger partial charge in [-0.2, -0.15) is 4.68 Å². The fourth-order valence-corrected chi connectivity index (χ4v) is 1.19. The summed E-state index contributed by atoms with van der Waals surface area (Å²) < 4.78 is 1.42. The second kappa shape index (κ2) is 4.43. The van der Waals surface area contributed by atoms with E-state index in [4.69, 9.17) is 23.2 Å². The highest BCUT2D eigenvalue weighted by molar-refractivity contribution is 6.32. The van der Waals surface area contributed by atoms with Crippen LogP contribution in [-0.2, 0) is 6.54 Å². The number of halogens is 2. The molecular formula is C6H7Cl2N3O2. The average Bonchev–Trinajstić information content (AvgIpc) is 2.43. The summed E-state index contributed by atoms with van der Waals surface area (Å²) in [7, 11) is 0. The summed E-state index contributed by atoms with van der Waals surface area (Å²) >= 11 is 11.0. The van der Waals surface area contributed by atoms with Crippen molar-refractivity contribution in [3.63, 3.8) is 0 Å². The number of hydrogen-bond acceptors (Lipinski definition) is 3. The SMILES string of the molecule is O=[N+]([O-])c1nn(CCCCl)cc1Cl. The van der Waals surface area contributed by atoms with Gasteiger partial charge in [0.1, 0.15) is 0 Å². The van der Waals surface area contributed by atoms with Gasteiger partial charge < -0.3 is 10.1 Å². The lowest BCUT2D eigenvalue weighted by Gasteiger charge is -1.90. The van der Waals surface area contributed by atoms with Crippen molar-refractivity contribution < 1.29 is 4.92 Å². The minimum atomic E-state index is -0.612. The second-order valence-electron chi connectivity index (χ2n) is 2.36. The first-order valence-electron chi connectivity index (χ1n) is 3.58. The Hall–Kier alpha value is -0.810. The first-order chi connectivity index (χ1) is 6.15. The van der Waals surface area contributed by atoms with Crippen LogP contribution >= 0.6 is 23.2 Å². The van der Waals surface area contributed by atoms with E-state index in [1.54, 1.807) is 0 Å². The highest BCUT2D eigenvalue weighted by Gasteiger charge is 2.18. The molecule has 0 atom stereocenters. The Labute approximate surface area is 84.4 Å².